The lowest BCUT2D eigenvalue weighted by Gasteiger charge is -2.07. The van der Waals surface area contributed by atoms with Crippen molar-refractivity contribution in [3.05, 3.63) is 24.0 Å². The van der Waals surface area contributed by atoms with E-state index in [9.17, 15) is 16.8 Å². The molecule has 1 aromatic rings. The smallest absolute Gasteiger partial charge is 0.243 e. The first kappa shape index (κ1) is 15.5. The van der Waals surface area contributed by atoms with E-state index in [-0.39, 0.29) is 23.7 Å². The highest BCUT2D eigenvalue weighted by Gasteiger charge is 2.18. The molecular weight excluding hydrogens is 292 g/mol. The number of nitrogens with zero attached hydrogens (tertiary/aromatic N) is 2. The van der Waals surface area contributed by atoms with Crippen LogP contribution >= 0.6 is 0 Å². The minimum Gasteiger partial charge on any atom is -0.244 e. The molecule has 8 nitrogen and oxygen atoms in total. The molecule has 0 saturated heterocycles. The summed E-state index contributed by atoms with van der Waals surface area (Å²) < 4.78 is 49.6. The topological polar surface area (TPSA) is 129 Å². The predicted molar refractivity (Wildman–Crippen MR) is 67.0 cm³/mol. The van der Waals surface area contributed by atoms with Gasteiger partial charge in [0, 0.05) is 19.3 Å². The van der Waals surface area contributed by atoms with E-state index in [4.69, 9.17) is 5.26 Å². The summed E-state index contributed by atoms with van der Waals surface area (Å²) in [7, 11) is -7.26. The molecule has 0 atom stereocenters. The minimum absolute atomic E-state index is 0.0831. The maximum absolute atomic E-state index is 11.9. The van der Waals surface area contributed by atoms with Crippen molar-refractivity contribution in [1.29, 1.82) is 5.26 Å². The second kappa shape index (κ2) is 6.07. The third-order valence-electron chi connectivity index (χ3n) is 1.95. The third kappa shape index (κ3) is 4.92. The molecule has 0 unspecified atom stereocenters. The molecule has 0 radical (unpaired) electrons. The Morgan fingerprint density at radius 1 is 1.26 bits per heavy atom. The predicted octanol–water partition coefficient (Wildman–Crippen LogP) is -1.22. The van der Waals surface area contributed by atoms with Gasteiger partial charge in [-0.25, -0.2) is 31.3 Å². The molecule has 0 amide bonds. The van der Waals surface area contributed by atoms with Gasteiger partial charge in [-0.1, -0.05) is 0 Å². The van der Waals surface area contributed by atoms with Crippen molar-refractivity contribution in [2.45, 2.75) is 4.90 Å². The zero-order chi connectivity index (χ0) is 14.5. The van der Waals surface area contributed by atoms with Gasteiger partial charge in [0.25, 0.3) is 0 Å². The molecule has 0 aliphatic rings. The monoisotopic (exact) mass is 304 g/mol. The van der Waals surface area contributed by atoms with E-state index in [0.717, 1.165) is 6.26 Å². The SMILES string of the molecule is CS(=O)(=O)NCCNS(=O)(=O)c1cccnc1C#N. The second-order valence-electron chi connectivity index (χ2n) is 3.53. The molecule has 0 aliphatic carbocycles. The Bertz CT molecular complexity index is 691. The third-order valence-corrected chi connectivity index (χ3v) is 4.17. The second-order valence-corrected chi connectivity index (χ2v) is 7.09. The van der Waals surface area contributed by atoms with Crippen LogP contribution in [0, 0.1) is 11.3 Å². The maximum Gasteiger partial charge on any atom is 0.243 e. The molecule has 1 aromatic heterocycles. The van der Waals surface area contributed by atoms with E-state index in [2.05, 4.69) is 14.4 Å². The van der Waals surface area contributed by atoms with E-state index in [1.165, 1.54) is 18.3 Å². The normalized spacial score (nSPS) is 12.0. The van der Waals surface area contributed by atoms with Gasteiger partial charge in [0.1, 0.15) is 11.0 Å². The van der Waals surface area contributed by atoms with Crippen LogP contribution in [0.4, 0.5) is 0 Å². The molecule has 0 fully saturated rings. The van der Waals surface area contributed by atoms with Crippen LogP contribution in [-0.4, -0.2) is 41.2 Å². The highest BCUT2D eigenvalue weighted by atomic mass is 32.2. The number of nitrogens with one attached hydrogen (secondary N) is 2. The molecule has 0 aromatic carbocycles. The fourth-order valence-electron chi connectivity index (χ4n) is 1.19. The van der Waals surface area contributed by atoms with Crippen molar-refractivity contribution in [3.63, 3.8) is 0 Å². The Morgan fingerprint density at radius 2 is 1.89 bits per heavy atom. The number of aromatic nitrogens is 1. The van der Waals surface area contributed by atoms with Gasteiger partial charge in [0.15, 0.2) is 5.69 Å². The van der Waals surface area contributed by atoms with Crippen LogP contribution in [-0.2, 0) is 20.0 Å². The van der Waals surface area contributed by atoms with E-state index in [0.29, 0.717) is 0 Å². The summed E-state index contributed by atoms with van der Waals surface area (Å²) in [6, 6.07) is 4.32. The number of hydrogen-bond donors (Lipinski definition) is 2. The average molecular weight is 304 g/mol. The summed E-state index contributed by atoms with van der Waals surface area (Å²) in [5.74, 6) is 0. The number of nitriles is 1. The molecule has 10 heteroatoms. The number of hydrogen-bond acceptors (Lipinski definition) is 6. The average Bonchev–Trinajstić information content (AvgIpc) is 2.33. The van der Waals surface area contributed by atoms with Crippen molar-refractivity contribution in [2.75, 3.05) is 19.3 Å². The molecule has 0 bridgehead atoms. The van der Waals surface area contributed by atoms with Crippen LogP contribution in [0.1, 0.15) is 5.69 Å². The molecule has 19 heavy (non-hydrogen) atoms. The summed E-state index contributed by atoms with van der Waals surface area (Å²) in [4.78, 5) is 3.40. The van der Waals surface area contributed by atoms with Gasteiger partial charge in [-0.2, -0.15) is 5.26 Å². The zero-order valence-electron chi connectivity index (χ0n) is 9.99. The molecule has 1 heterocycles. The van der Waals surface area contributed by atoms with Crippen molar-refractivity contribution in [2.24, 2.45) is 0 Å². The van der Waals surface area contributed by atoms with Crippen LogP contribution in [0.25, 0.3) is 0 Å². The minimum atomic E-state index is -3.89. The first-order valence-electron chi connectivity index (χ1n) is 5.06. The van der Waals surface area contributed by atoms with Crippen LogP contribution in [0.5, 0.6) is 0 Å². The Morgan fingerprint density at radius 3 is 2.47 bits per heavy atom. The van der Waals surface area contributed by atoms with Gasteiger partial charge in [-0.05, 0) is 12.1 Å². The number of sulfonamides is 2. The molecule has 104 valence electrons. The first-order chi connectivity index (χ1) is 8.76. The van der Waals surface area contributed by atoms with E-state index < -0.39 is 20.0 Å². The van der Waals surface area contributed by atoms with Crippen molar-refractivity contribution >= 4 is 20.0 Å². The Balaban J connectivity index is 2.75. The lowest BCUT2D eigenvalue weighted by atomic mass is 10.4. The van der Waals surface area contributed by atoms with Crippen LogP contribution in [0.3, 0.4) is 0 Å². The standard InChI is InChI=1S/C9H12N4O4S2/c1-18(14,15)12-5-6-13-19(16,17)9-3-2-4-11-8(9)7-10/h2-4,12-13H,5-6H2,1H3. The summed E-state index contributed by atoms with van der Waals surface area (Å²) >= 11 is 0. The van der Waals surface area contributed by atoms with E-state index >= 15 is 0 Å². The van der Waals surface area contributed by atoms with Gasteiger partial charge in [-0.15, -0.1) is 0 Å². The van der Waals surface area contributed by atoms with Crippen LogP contribution in [0.2, 0.25) is 0 Å². The molecule has 2 N–H and O–H groups in total. The Kier molecular flexibility index (Phi) is 4.96. The van der Waals surface area contributed by atoms with Gasteiger partial charge in [-0.3, -0.25) is 0 Å². The number of rotatable bonds is 6. The number of pyridine rings is 1. The van der Waals surface area contributed by atoms with Gasteiger partial charge in [0.2, 0.25) is 20.0 Å². The molecule has 0 saturated carbocycles. The van der Waals surface area contributed by atoms with E-state index in [1.54, 1.807) is 6.07 Å². The highest BCUT2D eigenvalue weighted by molar-refractivity contribution is 7.89. The fourth-order valence-corrected chi connectivity index (χ4v) is 2.80. The fraction of sp³-hybridized carbons (Fsp3) is 0.333. The highest BCUT2D eigenvalue weighted by Crippen LogP contribution is 2.10. The summed E-state index contributed by atoms with van der Waals surface area (Å²) in [6.07, 6.45) is 2.28. The lowest BCUT2D eigenvalue weighted by molar-refractivity contribution is 0.573. The van der Waals surface area contributed by atoms with Crippen LogP contribution < -0.4 is 9.44 Å². The van der Waals surface area contributed by atoms with Crippen molar-refractivity contribution < 1.29 is 16.8 Å². The summed E-state index contributed by atoms with van der Waals surface area (Å²) in [5.41, 5.74) is -0.217. The van der Waals surface area contributed by atoms with Gasteiger partial charge in [0.05, 0.1) is 6.26 Å². The Labute approximate surface area is 111 Å². The van der Waals surface area contributed by atoms with E-state index in [1.807, 2.05) is 0 Å². The lowest BCUT2D eigenvalue weighted by Crippen LogP contribution is -2.34. The largest absolute Gasteiger partial charge is 0.244 e. The summed E-state index contributed by atoms with van der Waals surface area (Å²) in [6.45, 7) is -0.213. The van der Waals surface area contributed by atoms with Gasteiger partial charge >= 0.3 is 0 Å². The first-order valence-corrected chi connectivity index (χ1v) is 8.43. The molecule has 1 rings (SSSR count). The molecule has 0 spiro atoms. The summed E-state index contributed by atoms with van der Waals surface area (Å²) in [5, 5.41) is 8.76. The zero-order valence-corrected chi connectivity index (χ0v) is 11.6. The molecule has 0 aliphatic heterocycles. The molecular formula is C9H12N4O4S2. The van der Waals surface area contributed by atoms with Crippen molar-refractivity contribution in [1.82, 2.24) is 14.4 Å². The Hall–Kier alpha value is -1.54. The van der Waals surface area contributed by atoms with Crippen LogP contribution in [0.15, 0.2) is 23.2 Å². The van der Waals surface area contributed by atoms with Gasteiger partial charge < -0.3 is 0 Å². The van der Waals surface area contributed by atoms with Crippen molar-refractivity contribution in [3.8, 4) is 6.07 Å². The quantitative estimate of drug-likeness (QED) is 0.634. The maximum atomic E-state index is 11.9.